The van der Waals surface area contributed by atoms with Crippen LogP contribution in [0.15, 0.2) is 0 Å². The molecule has 5 atom stereocenters. The first-order valence-electron chi connectivity index (χ1n) is 7.92. The van der Waals surface area contributed by atoms with Gasteiger partial charge in [0.25, 0.3) is 0 Å². The molecule has 1 heterocycles. The third-order valence-electron chi connectivity index (χ3n) is 5.93. The van der Waals surface area contributed by atoms with E-state index in [1.54, 1.807) is 14.2 Å². The van der Waals surface area contributed by atoms with Gasteiger partial charge in [0.05, 0.1) is 0 Å². The van der Waals surface area contributed by atoms with E-state index in [1.165, 1.54) is 0 Å². The molecule has 1 saturated heterocycles. The van der Waals surface area contributed by atoms with Crippen molar-refractivity contribution in [3.63, 3.8) is 0 Å². The fourth-order valence-electron chi connectivity index (χ4n) is 3.89. The van der Waals surface area contributed by atoms with Crippen LogP contribution in [0.2, 0.25) is 0 Å². The van der Waals surface area contributed by atoms with Gasteiger partial charge in [-0.2, -0.15) is 0 Å². The summed E-state index contributed by atoms with van der Waals surface area (Å²) in [5, 5.41) is 0. The molecule has 5 nitrogen and oxygen atoms in total. The molecular weight excluding hydrogens is 268 g/mol. The van der Waals surface area contributed by atoms with Crippen molar-refractivity contribution in [1.82, 2.24) is 4.90 Å². The minimum Gasteiger partial charge on any atom is -0.377 e. The zero-order valence-electron chi connectivity index (χ0n) is 14.0. The number of hydrogen-bond acceptors (Lipinski definition) is 4. The molecular formula is C16H30N2O3. The Morgan fingerprint density at radius 3 is 2.14 bits per heavy atom. The number of ether oxygens (including phenoxy) is 2. The lowest BCUT2D eigenvalue weighted by atomic mass is 9.61. The summed E-state index contributed by atoms with van der Waals surface area (Å²) in [6.45, 7) is 7.78. The number of amides is 1. The summed E-state index contributed by atoms with van der Waals surface area (Å²) in [4.78, 5) is 14.9. The van der Waals surface area contributed by atoms with Crippen molar-refractivity contribution in [1.29, 1.82) is 0 Å². The number of hydrogen-bond donors (Lipinski definition) is 1. The van der Waals surface area contributed by atoms with E-state index in [1.807, 2.05) is 4.90 Å². The Labute approximate surface area is 128 Å². The monoisotopic (exact) mass is 298 g/mol. The highest BCUT2D eigenvalue weighted by atomic mass is 16.5. The van der Waals surface area contributed by atoms with E-state index in [-0.39, 0.29) is 35.5 Å². The highest BCUT2D eigenvalue weighted by molar-refractivity contribution is 5.80. The molecule has 2 fully saturated rings. The quantitative estimate of drug-likeness (QED) is 0.852. The SMILES string of the molecule is COC1CN(C(=O)C2CCC(N)C(C)C2(C)C)CC1OC. The van der Waals surface area contributed by atoms with E-state index in [2.05, 4.69) is 20.8 Å². The molecule has 1 aliphatic carbocycles. The summed E-state index contributed by atoms with van der Waals surface area (Å²) >= 11 is 0. The third-order valence-corrected chi connectivity index (χ3v) is 5.93. The van der Waals surface area contributed by atoms with Crippen molar-refractivity contribution in [3.8, 4) is 0 Å². The van der Waals surface area contributed by atoms with Crippen molar-refractivity contribution >= 4 is 5.91 Å². The van der Waals surface area contributed by atoms with E-state index in [4.69, 9.17) is 15.2 Å². The second kappa shape index (κ2) is 6.23. The maximum absolute atomic E-state index is 13.0. The first-order chi connectivity index (χ1) is 9.82. The van der Waals surface area contributed by atoms with Crippen LogP contribution in [0, 0.1) is 17.3 Å². The van der Waals surface area contributed by atoms with Crippen LogP contribution < -0.4 is 5.73 Å². The fourth-order valence-corrected chi connectivity index (χ4v) is 3.89. The highest BCUT2D eigenvalue weighted by Gasteiger charge is 2.48. The molecule has 5 unspecified atom stereocenters. The van der Waals surface area contributed by atoms with Crippen LogP contribution in [0.4, 0.5) is 0 Å². The van der Waals surface area contributed by atoms with E-state index >= 15 is 0 Å². The fraction of sp³-hybridized carbons (Fsp3) is 0.938. The first kappa shape index (κ1) is 16.7. The molecule has 0 spiro atoms. The summed E-state index contributed by atoms with van der Waals surface area (Å²) < 4.78 is 10.9. The van der Waals surface area contributed by atoms with Gasteiger partial charge in [-0.25, -0.2) is 0 Å². The molecule has 0 bridgehead atoms. The Morgan fingerprint density at radius 2 is 1.67 bits per heavy atom. The summed E-state index contributed by atoms with van der Waals surface area (Å²) in [5.41, 5.74) is 6.12. The average molecular weight is 298 g/mol. The smallest absolute Gasteiger partial charge is 0.226 e. The van der Waals surface area contributed by atoms with Crippen molar-refractivity contribution < 1.29 is 14.3 Å². The normalized spacial score (nSPS) is 39.5. The van der Waals surface area contributed by atoms with Crippen LogP contribution in [-0.4, -0.2) is 56.4 Å². The Kier molecular flexibility index (Phi) is 4.96. The lowest BCUT2D eigenvalue weighted by Gasteiger charge is -2.47. The third kappa shape index (κ3) is 2.96. The number of carbonyl (C=O) groups excluding carboxylic acids is 1. The Balaban J connectivity index is 2.10. The second-order valence-corrected chi connectivity index (χ2v) is 7.20. The topological polar surface area (TPSA) is 64.8 Å². The average Bonchev–Trinajstić information content (AvgIpc) is 2.87. The molecule has 0 aromatic rings. The highest BCUT2D eigenvalue weighted by Crippen LogP contribution is 2.45. The lowest BCUT2D eigenvalue weighted by molar-refractivity contribution is -0.143. The molecule has 122 valence electrons. The van der Waals surface area contributed by atoms with Gasteiger partial charge in [0.2, 0.25) is 5.91 Å². The number of methoxy groups -OCH3 is 2. The molecule has 0 aromatic carbocycles. The predicted molar refractivity (Wildman–Crippen MR) is 81.8 cm³/mol. The van der Waals surface area contributed by atoms with Gasteiger partial charge in [-0.3, -0.25) is 4.79 Å². The molecule has 5 heteroatoms. The Bertz CT molecular complexity index is 374. The van der Waals surface area contributed by atoms with Crippen molar-refractivity contribution in [2.24, 2.45) is 23.0 Å². The molecule has 0 radical (unpaired) electrons. The molecule has 1 saturated carbocycles. The zero-order chi connectivity index (χ0) is 15.8. The summed E-state index contributed by atoms with van der Waals surface area (Å²) in [6, 6.07) is 0.195. The Morgan fingerprint density at radius 1 is 1.14 bits per heavy atom. The molecule has 0 aromatic heterocycles. The molecule has 2 aliphatic rings. The van der Waals surface area contributed by atoms with E-state index in [0.29, 0.717) is 19.0 Å². The number of nitrogens with two attached hydrogens (primary N) is 1. The summed E-state index contributed by atoms with van der Waals surface area (Å²) in [6.07, 6.45) is 1.76. The van der Waals surface area contributed by atoms with Gasteiger partial charge in [-0.15, -0.1) is 0 Å². The number of nitrogens with zero attached hydrogens (tertiary/aromatic N) is 1. The summed E-state index contributed by atoms with van der Waals surface area (Å²) in [7, 11) is 3.35. The van der Waals surface area contributed by atoms with Gasteiger partial charge in [0, 0.05) is 39.3 Å². The van der Waals surface area contributed by atoms with Crippen LogP contribution in [0.1, 0.15) is 33.6 Å². The summed E-state index contributed by atoms with van der Waals surface area (Å²) in [5.74, 6) is 0.625. The molecule has 2 N–H and O–H groups in total. The van der Waals surface area contributed by atoms with Gasteiger partial charge in [-0.05, 0) is 24.2 Å². The molecule has 1 aliphatic heterocycles. The minimum atomic E-state index is -0.0670. The maximum Gasteiger partial charge on any atom is 0.226 e. The van der Waals surface area contributed by atoms with Gasteiger partial charge < -0.3 is 20.1 Å². The van der Waals surface area contributed by atoms with Crippen LogP contribution >= 0.6 is 0 Å². The van der Waals surface area contributed by atoms with Crippen LogP contribution in [0.25, 0.3) is 0 Å². The van der Waals surface area contributed by atoms with Crippen LogP contribution in [-0.2, 0) is 14.3 Å². The van der Waals surface area contributed by atoms with E-state index in [0.717, 1.165) is 12.8 Å². The predicted octanol–water partition coefficient (Wildman–Crippen LogP) is 1.26. The largest absolute Gasteiger partial charge is 0.377 e. The molecule has 21 heavy (non-hydrogen) atoms. The van der Waals surface area contributed by atoms with Crippen molar-refractivity contribution in [3.05, 3.63) is 0 Å². The standard InChI is InChI=1S/C16H30N2O3/c1-10-12(17)7-6-11(16(10,2)3)15(19)18-8-13(20-4)14(9-18)21-5/h10-14H,6-9,17H2,1-5H3. The number of likely N-dealkylation sites (tertiary alicyclic amines) is 1. The number of carbonyl (C=O) groups is 1. The van der Waals surface area contributed by atoms with Crippen molar-refractivity contribution in [2.45, 2.75) is 51.9 Å². The number of rotatable bonds is 3. The maximum atomic E-state index is 13.0. The first-order valence-corrected chi connectivity index (χ1v) is 7.92. The zero-order valence-corrected chi connectivity index (χ0v) is 14.0. The van der Waals surface area contributed by atoms with Gasteiger partial charge in [-0.1, -0.05) is 20.8 Å². The van der Waals surface area contributed by atoms with Crippen LogP contribution in [0.5, 0.6) is 0 Å². The van der Waals surface area contributed by atoms with Gasteiger partial charge in [0.15, 0.2) is 0 Å². The second-order valence-electron chi connectivity index (χ2n) is 7.20. The van der Waals surface area contributed by atoms with E-state index < -0.39 is 0 Å². The molecule has 2 rings (SSSR count). The van der Waals surface area contributed by atoms with Crippen LogP contribution in [0.3, 0.4) is 0 Å². The molecule has 1 amide bonds. The lowest BCUT2D eigenvalue weighted by Crippen LogP contribution is -2.52. The van der Waals surface area contributed by atoms with Crippen molar-refractivity contribution in [2.75, 3.05) is 27.3 Å². The van der Waals surface area contributed by atoms with Gasteiger partial charge >= 0.3 is 0 Å². The van der Waals surface area contributed by atoms with Gasteiger partial charge in [0.1, 0.15) is 12.2 Å². The van der Waals surface area contributed by atoms with E-state index in [9.17, 15) is 4.79 Å². The minimum absolute atomic E-state index is 0.0228. The Hall–Kier alpha value is -0.650.